The first-order chi connectivity index (χ1) is 16.1. The van der Waals surface area contributed by atoms with Crippen molar-refractivity contribution in [3.8, 4) is 0 Å². The summed E-state index contributed by atoms with van der Waals surface area (Å²) >= 11 is 0. The number of nitrogens with zero attached hydrogens (tertiary/aromatic N) is 3. The van der Waals surface area contributed by atoms with Gasteiger partial charge in [-0.15, -0.1) is 0 Å². The van der Waals surface area contributed by atoms with Crippen LogP contribution in [-0.4, -0.2) is 62.7 Å². The minimum Gasteiger partial charge on any atom is -0.354 e. The Morgan fingerprint density at radius 3 is 2.00 bits per heavy atom. The van der Waals surface area contributed by atoms with E-state index in [4.69, 9.17) is 0 Å². The number of benzene rings is 2. The van der Waals surface area contributed by atoms with Gasteiger partial charge in [0.2, 0.25) is 11.8 Å². The van der Waals surface area contributed by atoms with E-state index in [2.05, 4.69) is 5.32 Å². The number of hydrogen-bond acceptors (Lipinski definition) is 4. The largest absolute Gasteiger partial charge is 0.354 e. The lowest BCUT2D eigenvalue weighted by molar-refractivity contribution is -0.140. The summed E-state index contributed by atoms with van der Waals surface area (Å²) in [5.41, 5.74) is 1.23. The Morgan fingerprint density at radius 1 is 0.941 bits per heavy atom. The Hall–Kier alpha value is -2.91. The normalized spacial score (nSPS) is 12.4. The first-order valence-corrected chi connectivity index (χ1v) is 12.8. The second kappa shape index (κ2) is 12.5. The molecule has 0 radical (unpaired) electrons. The molecule has 2 rings (SSSR count). The van der Waals surface area contributed by atoms with Crippen molar-refractivity contribution in [1.29, 1.82) is 0 Å². The number of carbonyl (C=O) groups is 2. The number of nitrogens with one attached hydrogen (secondary N) is 1. The Bertz CT molecular complexity index is 1030. The second-order valence-corrected chi connectivity index (χ2v) is 10.8. The third-order valence-electron chi connectivity index (χ3n) is 5.33. The Balaban J connectivity index is 2.42. The van der Waals surface area contributed by atoms with Gasteiger partial charge < -0.3 is 10.2 Å². The van der Waals surface area contributed by atoms with Crippen molar-refractivity contribution < 1.29 is 18.0 Å². The molecule has 0 aliphatic carbocycles. The van der Waals surface area contributed by atoms with Crippen LogP contribution >= 0.6 is 0 Å². The Labute approximate surface area is 203 Å². The zero-order valence-corrected chi connectivity index (χ0v) is 21.5. The molecule has 9 heteroatoms. The van der Waals surface area contributed by atoms with Crippen LogP contribution in [-0.2, 0) is 26.3 Å². The van der Waals surface area contributed by atoms with Gasteiger partial charge in [0, 0.05) is 27.2 Å². The van der Waals surface area contributed by atoms with E-state index in [0.717, 1.165) is 14.2 Å². The molecule has 34 heavy (non-hydrogen) atoms. The van der Waals surface area contributed by atoms with Crippen molar-refractivity contribution >= 4 is 27.7 Å². The Morgan fingerprint density at radius 2 is 1.50 bits per heavy atom. The van der Waals surface area contributed by atoms with Crippen LogP contribution in [0.1, 0.15) is 32.8 Å². The van der Waals surface area contributed by atoms with Gasteiger partial charge in [0.05, 0.1) is 5.69 Å². The fraction of sp³-hybridized carbons (Fsp3) is 0.440. The molecule has 2 amide bonds. The van der Waals surface area contributed by atoms with Crippen molar-refractivity contribution in [2.75, 3.05) is 31.5 Å². The summed E-state index contributed by atoms with van der Waals surface area (Å²) in [6.45, 7) is 6.10. The molecule has 0 aliphatic rings. The molecule has 2 aromatic rings. The van der Waals surface area contributed by atoms with Crippen molar-refractivity contribution in [3.63, 3.8) is 0 Å². The smallest absolute Gasteiger partial charge is 0.304 e. The number of rotatable bonds is 12. The number of amides is 2. The maximum Gasteiger partial charge on any atom is 0.304 e. The lowest BCUT2D eigenvalue weighted by Gasteiger charge is -2.34. The molecule has 1 N–H and O–H groups in total. The molecular weight excluding hydrogens is 452 g/mol. The molecule has 0 spiro atoms. The van der Waals surface area contributed by atoms with Crippen LogP contribution in [0.5, 0.6) is 0 Å². The highest BCUT2D eigenvalue weighted by molar-refractivity contribution is 7.90. The summed E-state index contributed by atoms with van der Waals surface area (Å²) < 4.78 is 28.3. The number of anilines is 1. The molecule has 0 saturated heterocycles. The van der Waals surface area contributed by atoms with Gasteiger partial charge in [-0.05, 0) is 30.0 Å². The van der Waals surface area contributed by atoms with Gasteiger partial charge in [-0.2, -0.15) is 12.7 Å². The van der Waals surface area contributed by atoms with E-state index in [1.807, 2.05) is 51.1 Å². The van der Waals surface area contributed by atoms with E-state index in [1.165, 1.54) is 19.0 Å². The van der Waals surface area contributed by atoms with Crippen LogP contribution in [0.3, 0.4) is 0 Å². The monoisotopic (exact) mass is 488 g/mol. The highest BCUT2D eigenvalue weighted by Crippen LogP contribution is 2.21. The highest BCUT2D eigenvalue weighted by atomic mass is 32.2. The van der Waals surface area contributed by atoms with Gasteiger partial charge >= 0.3 is 10.2 Å². The van der Waals surface area contributed by atoms with Crippen LogP contribution in [0, 0.1) is 5.92 Å². The lowest BCUT2D eigenvalue weighted by atomic mass is 10.1. The van der Waals surface area contributed by atoms with Crippen LogP contribution in [0.2, 0.25) is 0 Å². The Kier molecular flexibility index (Phi) is 10.1. The van der Waals surface area contributed by atoms with Crippen molar-refractivity contribution in [1.82, 2.24) is 14.5 Å². The van der Waals surface area contributed by atoms with Gasteiger partial charge in [0.1, 0.15) is 12.6 Å². The molecule has 0 fully saturated rings. The predicted octanol–water partition coefficient (Wildman–Crippen LogP) is 2.88. The summed E-state index contributed by atoms with van der Waals surface area (Å²) in [6, 6.07) is 17.1. The molecule has 0 aromatic heterocycles. The maximum absolute atomic E-state index is 13.7. The van der Waals surface area contributed by atoms with Crippen LogP contribution in [0.25, 0.3) is 0 Å². The van der Waals surface area contributed by atoms with Gasteiger partial charge in [0.25, 0.3) is 0 Å². The zero-order chi connectivity index (χ0) is 25.3. The number of carbonyl (C=O) groups excluding carboxylic acids is 2. The first kappa shape index (κ1) is 27.3. The molecule has 2 aromatic carbocycles. The minimum atomic E-state index is -3.95. The molecule has 0 heterocycles. The summed E-state index contributed by atoms with van der Waals surface area (Å²) in [6.07, 6.45) is 0.397. The molecule has 8 nitrogen and oxygen atoms in total. The molecule has 0 unspecified atom stereocenters. The van der Waals surface area contributed by atoms with Crippen molar-refractivity contribution in [2.24, 2.45) is 5.92 Å². The lowest BCUT2D eigenvalue weighted by Crippen LogP contribution is -2.53. The van der Waals surface area contributed by atoms with Crippen molar-refractivity contribution in [2.45, 2.75) is 39.8 Å². The standard InChI is InChI=1S/C25H36N4O4S/c1-6-23(25(31)26-17-20(2)3)28(18-21-13-9-7-10-14-21)24(30)19-29(34(32,33)27(4)5)22-15-11-8-12-16-22/h7-16,20,23H,6,17-19H2,1-5H3,(H,26,31)/t23-/m1/s1. The molecule has 0 bridgehead atoms. The first-order valence-electron chi connectivity index (χ1n) is 11.4. The molecular formula is C25H36N4O4S. The van der Waals surface area contributed by atoms with E-state index >= 15 is 0 Å². The average Bonchev–Trinajstić information content (AvgIpc) is 2.81. The predicted molar refractivity (Wildman–Crippen MR) is 135 cm³/mol. The van der Waals surface area contributed by atoms with Crippen molar-refractivity contribution in [3.05, 3.63) is 66.2 Å². The fourth-order valence-electron chi connectivity index (χ4n) is 3.43. The highest BCUT2D eigenvalue weighted by Gasteiger charge is 2.33. The topological polar surface area (TPSA) is 90.0 Å². The SMILES string of the molecule is CC[C@H](C(=O)NCC(C)C)N(Cc1ccccc1)C(=O)CN(c1ccccc1)S(=O)(=O)N(C)C. The second-order valence-electron chi connectivity index (χ2n) is 8.70. The fourth-order valence-corrected chi connectivity index (χ4v) is 4.49. The van der Waals surface area contributed by atoms with E-state index in [9.17, 15) is 18.0 Å². The summed E-state index contributed by atoms with van der Waals surface area (Å²) in [4.78, 5) is 28.2. The quantitative estimate of drug-likeness (QED) is 0.497. The summed E-state index contributed by atoms with van der Waals surface area (Å²) in [5.74, 6) is -0.439. The molecule has 0 saturated carbocycles. The molecule has 0 aliphatic heterocycles. The number of hydrogen-bond donors (Lipinski definition) is 1. The van der Waals surface area contributed by atoms with Gasteiger partial charge in [-0.3, -0.25) is 9.59 Å². The maximum atomic E-state index is 13.7. The molecule has 186 valence electrons. The van der Waals surface area contributed by atoms with E-state index in [0.29, 0.717) is 18.7 Å². The van der Waals surface area contributed by atoms with Gasteiger partial charge in [-0.1, -0.05) is 69.3 Å². The van der Waals surface area contributed by atoms with Crippen LogP contribution in [0.15, 0.2) is 60.7 Å². The zero-order valence-electron chi connectivity index (χ0n) is 20.6. The number of para-hydroxylation sites is 1. The average molecular weight is 489 g/mol. The van der Waals surface area contributed by atoms with Gasteiger partial charge in [-0.25, -0.2) is 4.31 Å². The molecule has 1 atom stereocenters. The van der Waals surface area contributed by atoms with Crippen LogP contribution < -0.4 is 9.62 Å². The van der Waals surface area contributed by atoms with Crippen LogP contribution in [0.4, 0.5) is 5.69 Å². The van der Waals surface area contributed by atoms with Gasteiger partial charge in [0.15, 0.2) is 0 Å². The summed E-state index contributed by atoms with van der Waals surface area (Å²) in [7, 11) is -1.10. The summed E-state index contributed by atoms with van der Waals surface area (Å²) in [5, 5.41) is 2.91. The third-order valence-corrected chi connectivity index (χ3v) is 7.15. The van der Waals surface area contributed by atoms with E-state index in [1.54, 1.807) is 30.3 Å². The van der Waals surface area contributed by atoms with E-state index < -0.39 is 28.7 Å². The third kappa shape index (κ3) is 7.30. The minimum absolute atomic E-state index is 0.192. The van der Waals surface area contributed by atoms with E-state index in [-0.39, 0.29) is 18.4 Å².